The average molecular weight is 390 g/mol. The number of anilines is 1. The predicted octanol–water partition coefficient (Wildman–Crippen LogP) is 4.60. The monoisotopic (exact) mass is 390 g/mol. The topological polar surface area (TPSA) is 49.4 Å². The lowest BCUT2D eigenvalue weighted by Gasteiger charge is -2.23. The minimum Gasteiger partial charge on any atom is -0.352 e. The molecule has 0 aliphatic rings. The van der Waals surface area contributed by atoms with E-state index in [-0.39, 0.29) is 11.5 Å². The van der Waals surface area contributed by atoms with Crippen LogP contribution in [0.25, 0.3) is 0 Å². The van der Waals surface area contributed by atoms with Crippen molar-refractivity contribution >= 4 is 17.5 Å². The van der Waals surface area contributed by atoms with Crippen LogP contribution in [0.15, 0.2) is 78.9 Å². The van der Waals surface area contributed by atoms with E-state index in [1.165, 1.54) is 12.1 Å². The van der Waals surface area contributed by atoms with Crippen molar-refractivity contribution in [3.63, 3.8) is 0 Å². The second-order valence-electron chi connectivity index (χ2n) is 6.75. The second kappa shape index (κ2) is 9.64. The van der Waals surface area contributed by atoms with Crippen molar-refractivity contribution in [3.05, 3.63) is 101 Å². The van der Waals surface area contributed by atoms with Gasteiger partial charge >= 0.3 is 0 Å². The molecule has 3 aromatic carbocycles. The first-order valence-corrected chi connectivity index (χ1v) is 9.52. The summed E-state index contributed by atoms with van der Waals surface area (Å²) in [5, 5.41) is 2.72. The Morgan fingerprint density at radius 3 is 2.24 bits per heavy atom. The fraction of sp³-hybridized carbons (Fsp3) is 0.167. The number of nitrogens with one attached hydrogen (secondary N) is 1. The fourth-order valence-electron chi connectivity index (χ4n) is 2.99. The Labute approximate surface area is 170 Å². The summed E-state index contributed by atoms with van der Waals surface area (Å²) in [6.07, 6.45) is 0.534. The molecule has 0 spiro atoms. The zero-order chi connectivity index (χ0) is 20.6. The molecule has 4 nitrogen and oxygen atoms in total. The number of carbonyl (C=O) groups excluding carboxylic acids is 2. The zero-order valence-corrected chi connectivity index (χ0v) is 16.3. The molecule has 3 rings (SSSR count). The van der Waals surface area contributed by atoms with Crippen LogP contribution in [0, 0.1) is 12.7 Å². The second-order valence-corrected chi connectivity index (χ2v) is 6.75. The predicted molar refractivity (Wildman–Crippen MR) is 113 cm³/mol. The molecule has 0 heterocycles. The number of hydrogen-bond acceptors (Lipinski definition) is 2. The summed E-state index contributed by atoms with van der Waals surface area (Å²) >= 11 is 0. The fourth-order valence-corrected chi connectivity index (χ4v) is 2.99. The molecule has 0 aromatic heterocycles. The van der Waals surface area contributed by atoms with Gasteiger partial charge in [0, 0.05) is 24.3 Å². The Kier molecular flexibility index (Phi) is 6.74. The van der Waals surface area contributed by atoms with Gasteiger partial charge in [0.25, 0.3) is 11.8 Å². The number of rotatable bonds is 7. The van der Waals surface area contributed by atoms with Crippen LogP contribution in [0.2, 0.25) is 0 Å². The van der Waals surface area contributed by atoms with Gasteiger partial charge < -0.3 is 10.2 Å². The number of carbonyl (C=O) groups is 2. The summed E-state index contributed by atoms with van der Waals surface area (Å²) in [5.74, 6) is -1.11. The summed E-state index contributed by atoms with van der Waals surface area (Å²) < 4.78 is 13.7. The molecule has 0 saturated carbocycles. The molecule has 0 fully saturated rings. The number of amides is 2. The lowest BCUT2D eigenvalue weighted by Crippen LogP contribution is -2.34. The molecule has 0 aliphatic carbocycles. The molecule has 0 saturated heterocycles. The SMILES string of the molecule is Cc1ccc(C(=O)N(CCCNC(=O)c2ccccc2F)c2ccccc2)cc1. The molecule has 1 N–H and O–H groups in total. The molecular formula is C24H23FN2O2. The van der Waals surface area contributed by atoms with E-state index in [0.29, 0.717) is 25.1 Å². The average Bonchev–Trinajstić information content (AvgIpc) is 2.74. The largest absolute Gasteiger partial charge is 0.352 e. The maximum Gasteiger partial charge on any atom is 0.258 e. The van der Waals surface area contributed by atoms with Gasteiger partial charge in [0.2, 0.25) is 0 Å². The molecule has 148 valence electrons. The van der Waals surface area contributed by atoms with Crippen LogP contribution in [-0.2, 0) is 0 Å². The quantitative estimate of drug-likeness (QED) is 0.600. The van der Waals surface area contributed by atoms with E-state index in [9.17, 15) is 14.0 Å². The maximum atomic E-state index is 13.7. The minimum absolute atomic E-state index is 0.0168. The van der Waals surface area contributed by atoms with E-state index in [2.05, 4.69) is 5.32 Å². The summed E-state index contributed by atoms with van der Waals surface area (Å²) in [5.41, 5.74) is 2.50. The number of aryl methyl sites for hydroxylation is 1. The molecule has 5 heteroatoms. The standard InChI is InChI=1S/C24H23FN2O2/c1-18-12-14-19(15-13-18)24(29)27(20-8-3-2-4-9-20)17-7-16-26-23(28)21-10-5-6-11-22(21)25/h2-6,8-15H,7,16-17H2,1H3,(H,26,28). The van der Waals surface area contributed by atoms with E-state index in [0.717, 1.165) is 11.3 Å². The van der Waals surface area contributed by atoms with Gasteiger partial charge in [-0.15, -0.1) is 0 Å². The Hall–Kier alpha value is -3.47. The van der Waals surface area contributed by atoms with Crippen LogP contribution in [0.1, 0.15) is 32.7 Å². The third-order valence-electron chi connectivity index (χ3n) is 4.57. The van der Waals surface area contributed by atoms with Crippen molar-refractivity contribution in [2.75, 3.05) is 18.0 Å². The number of halogens is 1. The van der Waals surface area contributed by atoms with Gasteiger partial charge in [-0.25, -0.2) is 4.39 Å². The van der Waals surface area contributed by atoms with Crippen LogP contribution in [-0.4, -0.2) is 24.9 Å². The molecule has 3 aromatic rings. The van der Waals surface area contributed by atoms with Gasteiger partial charge in [-0.1, -0.05) is 48.0 Å². The van der Waals surface area contributed by atoms with Gasteiger partial charge in [-0.2, -0.15) is 0 Å². The minimum atomic E-state index is -0.550. The molecule has 0 bridgehead atoms. The van der Waals surface area contributed by atoms with Gasteiger partial charge in [0.15, 0.2) is 0 Å². The van der Waals surface area contributed by atoms with Crippen LogP contribution in [0.3, 0.4) is 0 Å². The smallest absolute Gasteiger partial charge is 0.258 e. The zero-order valence-electron chi connectivity index (χ0n) is 16.3. The molecule has 0 unspecified atom stereocenters. The molecule has 0 atom stereocenters. The summed E-state index contributed by atoms with van der Waals surface area (Å²) in [6, 6.07) is 22.7. The van der Waals surface area contributed by atoms with Crippen LogP contribution >= 0.6 is 0 Å². The molecular weight excluding hydrogens is 367 g/mol. The first-order valence-electron chi connectivity index (χ1n) is 9.52. The Balaban J connectivity index is 1.65. The Bertz CT molecular complexity index is 972. The van der Waals surface area contributed by atoms with Gasteiger partial charge in [0.1, 0.15) is 5.82 Å². The van der Waals surface area contributed by atoms with E-state index < -0.39 is 11.7 Å². The summed E-state index contributed by atoms with van der Waals surface area (Å²) in [7, 11) is 0. The lowest BCUT2D eigenvalue weighted by molar-refractivity contribution is 0.0949. The summed E-state index contributed by atoms with van der Waals surface area (Å²) in [6.45, 7) is 2.73. The number of nitrogens with zero attached hydrogens (tertiary/aromatic N) is 1. The van der Waals surface area contributed by atoms with Crippen molar-refractivity contribution in [2.45, 2.75) is 13.3 Å². The lowest BCUT2D eigenvalue weighted by atomic mass is 10.1. The van der Waals surface area contributed by atoms with Gasteiger partial charge in [-0.3, -0.25) is 9.59 Å². The van der Waals surface area contributed by atoms with Crippen molar-refractivity contribution in [1.82, 2.24) is 5.32 Å². The molecule has 29 heavy (non-hydrogen) atoms. The van der Waals surface area contributed by atoms with Gasteiger partial charge in [0.05, 0.1) is 5.56 Å². The normalized spacial score (nSPS) is 10.4. The maximum absolute atomic E-state index is 13.7. The molecule has 2 amide bonds. The van der Waals surface area contributed by atoms with Crippen molar-refractivity contribution in [1.29, 1.82) is 0 Å². The molecule has 0 aliphatic heterocycles. The van der Waals surface area contributed by atoms with E-state index in [4.69, 9.17) is 0 Å². The van der Waals surface area contributed by atoms with E-state index >= 15 is 0 Å². The van der Waals surface area contributed by atoms with Crippen LogP contribution in [0.4, 0.5) is 10.1 Å². The highest BCUT2D eigenvalue weighted by Crippen LogP contribution is 2.18. The van der Waals surface area contributed by atoms with Gasteiger partial charge in [-0.05, 0) is 49.7 Å². The van der Waals surface area contributed by atoms with Crippen LogP contribution < -0.4 is 10.2 Å². The molecule has 0 radical (unpaired) electrons. The van der Waals surface area contributed by atoms with Crippen LogP contribution in [0.5, 0.6) is 0 Å². The first-order chi connectivity index (χ1) is 14.1. The van der Waals surface area contributed by atoms with E-state index in [1.807, 2.05) is 61.5 Å². The highest BCUT2D eigenvalue weighted by atomic mass is 19.1. The number of benzene rings is 3. The van der Waals surface area contributed by atoms with Crippen molar-refractivity contribution in [2.24, 2.45) is 0 Å². The van der Waals surface area contributed by atoms with Crippen molar-refractivity contribution < 1.29 is 14.0 Å². The highest BCUT2D eigenvalue weighted by molar-refractivity contribution is 6.06. The summed E-state index contributed by atoms with van der Waals surface area (Å²) in [4.78, 5) is 26.9. The number of hydrogen-bond donors (Lipinski definition) is 1. The first kappa shape index (κ1) is 20.3. The third-order valence-corrected chi connectivity index (χ3v) is 4.57. The third kappa shape index (κ3) is 5.29. The van der Waals surface area contributed by atoms with Crippen molar-refractivity contribution in [3.8, 4) is 0 Å². The number of para-hydroxylation sites is 1. The Morgan fingerprint density at radius 1 is 0.897 bits per heavy atom. The highest BCUT2D eigenvalue weighted by Gasteiger charge is 2.17. The Morgan fingerprint density at radius 2 is 1.55 bits per heavy atom. The van der Waals surface area contributed by atoms with E-state index in [1.54, 1.807) is 17.0 Å².